The van der Waals surface area contributed by atoms with E-state index in [-0.39, 0.29) is 10.8 Å². The third kappa shape index (κ3) is 3.57. The maximum atomic E-state index is 12.7. The van der Waals surface area contributed by atoms with Gasteiger partial charge in [-0.3, -0.25) is 9.52 Å². The molecule has 0 aliphatic carbocycles. The first-order valence-corrected chi connectivity index (χ1v) is 9.48. The van der Waals surface area contributed by atoms with Gasteiger partial charge in [0, 0.05) is 6.92 Å². The van der Waals surface area contributed by atoms with Gasteiger partial charge in [0.25, 0.3) is 10.0 Å². The van der Waals surface area contributed by atoms with Crippen molar-refractivity contribution in [3.8, 4) is 5.75 Å². The fraction of sp³-hybridized carbons (Fsp3) is 0.235. The fourth-order valence-electron chi connectivity index (χ4n) is 2.60. The van der Waals surface area contributed by atoms with Crippen LogP contribution in [0.15, 0.2) is 41.3 Å². The number of fused-ring (bicyclic) bond motifs is 1. The van der Waals surface area contributed by atoms with Crippen LogP contribution in [-0.2, 0) is 14.8 Å². The summed E-state index contributed by atoms with van der Waals surface area (Å²) in [5, 5.41) is 0.315. The van der Waals surface area contributed by atoms with Crippen molar-refractivity contribution in [2.75, 3.05) is 22.8 Å². The second-order valence-electron chi connectivity index (χ2n) is 5.74. The Balaban J connectivity index is 1.98. The van der Waals surface area contributed by atoms with Crippen LogP contribution in [0.4, 0.5) is 11.4 Å². The number of benzene rings is 2. The molecule has 2 aromatic carbocycles. The highest BCUT2D eigenvalue weighted by Gasteiger charge is 2.25. The summed E-state index contributed by atoms with van der Waals surface area (Å²) in [5.41, 5.74) is 1.66. The zero-order valence-corrected chi connectivity index (χ0v) is 15.3. The van der Waals surface area contributed by atoms with E-state index in [0.29, 0.717) is 35.3 Å². The minimum atomic E-state index is -3.86. The Labute approximate surface area is 151 Å². The molecule has 132 valence electrons. The van der Waals surface area contributed by atoms with Gasteiger partial charge in [0.2, 0.25) is 5.91 Å². The second-order valence-corrected chi connectivity index (χ2v) is 7.83. The second kappa shape index (κ2) is 6.57. The standard InChI is InChI=1S/C17H17ClN2O4S/c1-11-3-5-15(14(18)9-11)19-25(22,23)13-4-6-17-16(10-13)20(12(2)21)7-8-24-17/h3-6,9-10,19H,7-8H2,1-2H3. The van der Waals surface area contributed by atoms with Crippen molar-refractivity contribution in [1.82, 2.24) is 0 Å². The molecule has 6 nitrogen and oxygen atoms in total. The topological polar surface area (TPSA) is 75.7 Å². The zero-order valence-electron chi connectivity index (χ0n) is 13.7. The molecule has 2 aromatic rings. The number of amides is 1. The van der Waals surface area contributed by atoms with Crippen LogP contribution in [0.2, 0.25) is 5.02 Å². The number of nitrogens with zero attached hydrogens (tertiary/aromatic N) is 1. The minimum Gasteiger partial charge on any atom is -0.490 e. The number of ether oxygens (including phenoxy) is 1. The van der Waals surface area contributed by atoms with Crippen molar-refractivity contribution in [2.24, 2.45) is 0 Å². The summed E-state index contributed by atoms with van der Waals surface area (Å²) < 4.78 is 33.3. The molecule has 0 atom stereocenters. The number of aryl methyl sites for hydroxylation is 1. The van der Waals surface area contributed by atoms with Gasteiger partial charge in [-0.15, -0.1) is 0 Å². The molecule has 3 rings (SSSR count). The molecule has 25 heavy (non-hydrogen) atoms. The molecule has 0 radical (unpaired) electrons. The molecule has 1 amide bonds. The smallest absolute Gasteiger partial charge is 0.262 e. The first kappa shape index (κ1) is 17.6. The predicted molar refractivity (Wildman–Crippen MR) is 97.0 cm³/mol. The summed E-state index contributed by atoms with van der Waals surface area (Å²) in [5.74, 6) is 0.308. The van der Waals surface area contributed by atoms with Gasteiger partial charge >= 0.3 is 0 Å². The van der Waals surface area contributed by atoms with E-state index in [2.05, 4.69) is 4.72 Å². The molecular weight excluding hydrogens is 364 g/mol. The normalized spacial score (nSPS) is 13.8. The number of hydrogen-bond acceptors (Lipinski definition) is 4. The Morgan fingerprint density at radius 2 is 2.00 bits per heavy atom. The molecule has 1 N–H and O–H groups in total. The molecule has 1 aliphatic rings. The third-order valence-corrected chi connectivity index (χ3v) is 5.53. The monoisotopic (exact) mass is 380 g/mol. The van der Waals surface area contributed by atoms with Crippen molar-refractivity contribution < 1.29 is 17.9 Å². The lowest BCUT2D eigenvalue weighted by atomic mass is 10.2. The van der Waals surface area contributed by atoms with Gasteiger partial charge in [-0.2, -0.15) is 0 Å². The van der Waals surface area contributed by atoms with Gasteiger partial charge in [0.15, 0.2) is 0 Å². The lowest BCUT2D eigenvalue weighted by Gasteiger charge is -2.29. The first-order valence-electron chi connectivity index (χ1n) is 7.62. The highest BCUT2D eigenvalue weighted by Crippen LogP contribution is 2.34. The summed E-state index contributed by atoms with van der Waals surface area (Å²) in [6.07, 6.45) is 0. The van der Waals surface area contributed by atoms with Gasteiger partial charge in [-0.1, -0.05) is 17.7 Å². The highest BCUT2D eigenvalue weighted by atomic mass is 35.5. The number of carbonyl (C=O) groups is 1. The number of rotatable bonds is 3. The lowest BCUT2D eigenvalue weighted by Crippen LogP contribution is -2.36. The largest absolute Gasteiger partial charge is 0.490 e. The molecule has 0 bridgehead atoms. The van der Waals surface area contributed by atoms with Crippen molar-refractivity contribution in [2.45, 2.75) is 18.7 Å². The number of anilines is 2. The predicted octanol–water partition coefficient (Wildman–Crippen LogP) is 3.19. The summed E-state index contributed by atoms with van der Waals surface area (Å²) >= 11 is 6.10. The summed E-state index contributed by atoms with van der Waals surface area (Å²) in [7, 11) is -3.86. The Morgan fingerprint density at radius 1 is 1.24 bits per heavy atom. The molecule has 0 unspecified atom stereocenters. The van der Waals surface area contributed by atoms with E-state index in [1.54, 1.807) is 24.3 Å². The maximum absolute atomic E-state index is 12.7. The van der Waals surface area contributed by atoms with E-state index in [9.17, 15) is 13.2 Å². The van der Waals surface area contributed by atoms with Crippen LogP contribution in [0.5, 0.6) is 5.75 Å². The number of hydrogen-bond donors (Lipinski definition) is 1. The van der Waals surface area contributed by atoms with Crippen molar-refractivity contribution in [1.29, 1.82) is 0 Å². The highest BCUT2D eigenvalue weighted by molar-refractivity contribution is 7.92. The SMILES string of the molecule is CC(=O)N1CCOc2ccc(S(=O)(=O)Nc3ccc(C)cc3Cl)cc21. The summed E-state index contributed by atoms with van der Waals surface area (Å²) in [6.45, 7) is 4.05. The molecule has 1 aliphatic heterocycles. The fourth-order valence-corrected chi connectivity index (χ4v) is 4.04. The number of nitrogens with one attached hydrogen (secondary N) is 1. The van der Waals surface area contributed by atoms with E-state index < -0.39 is 10.0 Å². The van der Waals surface area contributed by atoms with Gasteiger partial charge in [0.05, 0.1) is 27.8 Å². The van der Waals surface area contributed by atoms with Gasteiger partial charge in [-0.25, -0.2) is 8.42 Å². The van der Waals surface area contributed by atoms with E-state index in [1.807, 2.05) is 6.92 Å². The van der Waals surface area contributed by atoms with Crippen LogP contribution in [0.25, 0.3) is 0 Å². The maximum Gasteiger partial charge on any atom is 0.262 e. The molecule has 0 fully saturated rings. The van der Waals surface area contributed by atoms with Gasteiger partial charge in [-0.05, 0) is 42.8 Å². The van der Waals surface area contributed by atoms with Crippen LogP contribution < -0.4 is 14.4 Å². The van der Waals surface area contributed by atoms with E-state index in [0.717, 1.165) is 5.56 Å². The third-order valence-electron chi connectivity index (χ3n) is 3.85. The number of sulfonamides is 1. The van der Waals surface area contributed by atoms with E-state index in [4.69, 9.17) is 16.3 Å². The average molecular weight is 381 g/mol. The van der Waals surface area contributed by atoms with Crippen LogP contribution in [0, 0.1) is 6.92 Å². The average Bonchev–Trinajstić information content (AvgIpc) is 2.56. The quantitative estimate of drug-likeness (QED) is 0.887. The van der Waals surface area contributed by atoms with Crippen molar-refractivity contribution in [3.05, 3.63) is 47.0 Å². The van der Waals surface area contributed by atoms with Crippen molar-refractivity contribution in [3.63, 3.8) is 0 Å². The van der Waals surface area contributed by atoms with Gasteiger partial charge in [0.1, 0.15) is 12.4 Å². The molecule has 0 aromatic heterocycles. The minimum absolute atomic E-state index is 0.0274. The Bertz CT molecular complexity index is 944. The lowest BCUT2D eigenvalue weighted by molar-refractivity contribution is -0.116. The number of halogens is 1. The van der Waals surface area contributed by atoms with Crippen LogP contribution in [0.3, 0.4) is 0 Å². The zero-order chi connectivity index (χ0) is 18.2. The summed E-state index contributed by atoms with van der Waals surface area (Å²) in [6, 6.07) is 9.47. The molecule has 8 heteroatoms. The van der Waals surface area contributed by atoms with Crippen LogP contribution in [-0.4, -0.2) is 27.5 Å². The molecule has 0 saturated heterocycles. The Hall–Kier alpha value is -2.25. The van der Waals surface area contributed by atoms with Gasteiger partial charge < -0.3 is 9.64 Å². The Kier molecular flexibility index (Phi) is 4.62. The summed E-state index contributed by atoms with van der Waals surface area (Å²) in [4.78, 5) is 13.3. The first-order chi connectivity index (χ1) is 11.8. The van der Waals surface area contributed by atoms with E-state index >= 15 is 0 Å². The Morgan fingerprint density at radius 3 is 2.68 bits per heavy atom. The van der Waals surface area contributed by atoms with Crippen LogP contribution >= 0.6 is 11.6 Å². The number of carbonyl (C=O) groups excluding carboxylic acids is 1. The molecular formula is C17H17ClN2O4S. The molecule has 0 spiro atoms. The molecule has 1 heterocycles. The molecule has 0 saturated carbocycles. The van der Waals surface area contributed by atoms with E-state index in [1.165, 1.54) is 24.0 Å². The van der Waals surface area contributed by atoms with Crippen LogP contribution in [0.1, 0.15) is 12.5 Å². The van der Waals surface area contributed by atoms with Crippen molar-refractivity contribution >= 4 is 38.9 Å².